The highest BCUT2D eigenvalue weighted by molar-refractivity contribution is 5.96. The van der Waals surface area contributed by atoms with Crippen LogP contribution in [0.25, 0.3) is 0 Å². The minimum absolute atomic E-state index is 0.0214. The molecule has 1 heterocycles. The maximum absolute atomic E-state index is 12.5. The van der Waals surface area contributed by atoms with E-state index in [1.807, 2.05) is 18.7 Å². The zero-order chi connectivity index (χ0) is 21.6. The standard InChI is InChI=1S/C21H35N3O5/c1-13(2)8-9-22-21(28)23-18(25)12-29-20(27)16-10-19(26)24(11-16)17-7-5-6-14(3)15(17)4/h13-17H,5-12H2,1-4H3,(H2,22,23,25,28)/t14-,15-,16-,17+/m1/s1. The van der Waals surface area contributed by atoms with Crippen LogP contribution in [0.15, 0.2) is 0 Å². The minimum Gasteiger partial charge on any atom is -0.455 e. The topological polar surface area (TPSA) is 105 Å². The number of carbonyl (C=O) groups is 4. The van der Waals surface area contributed by atoms with Crippen LogP contribution < -0.4 is 10.6 Å². The van der Waals surface area contributed by atoms with Gasteiger partial charge in [0.1, 0.15) is 0 Å². The van der Waals surface area contributed by atoms with Gasteiger partial charge in [0.05, 0.1) is 5.92 Å². The highest BCUT2D eigenvalue weighted by Gasteiger charge is 2.42. The molecule has 8 nitrogen and oxygen atoms in total. The lowest BCUT2D eigenvalue weighted by atomic mass is 9.77. The SMILES string of the molecule is CC(C)CCNC(=O)NC(=O)COC(=O)[C@@H]1CC(=O)N([C@H]2CCC[C@@H](C)[C@H]2C)C1. The highest BCUT2D eigenvalue weighted by Crippen LogP contribution is 2.35. The number of nitrogens with one attached hydrogen (secondary N) is 2. The van der Waals surface area contributed by atoms with E-state index in [1.165, 1.54) is 6.42 Å². The van der Waals surface area contributed by atoms with Crippen LogP contribution >= 0.6 is 0 Å². The molecule has 0 aromatic rings. The number of hydrogen-bond donors (Lipinski definition) is 2. The molecule has 0 aromatic carbocycles. The van der Waals surface area contributed by atoms with Gasteiger partial charge in [-0.2, -0.15) is 0 Å². The fourth-order valence-electron chi connectivity index (χ4n) is 4.14. The van der Waals surface area contributed by atoms with E-state index in [4.69, 9.17) is 4.74 Å². The van der Waals surface area contributed by atoms with Gasteiger partial charge >= 0.3 is 12.0 Å². The summed E-state index contributed by atoms with van der Waals surface area (Å²) in [5.41, 5.74) is 0. The predicted octanol–water partition coefficient (Wildman–Crippen LogP) is 2.07. The Labute approximate surface area is 173 Å². The molecular formula is C21H35N3O5. The average Bonchev–Trinajstić information content (AvgIpc) is 3.03. The number of esters is 1. The molecule has 29 heavy (non-hydrogen) atoms. The van der Waals surface area contributed by atoms with Crippen LogP contribution in [0.3, 0.4) is 0 Å². The molecule has 2 aliphatic rings. The second-order valence-corrected chi connectivity index (χ2v) is 8.88. The van der Waals surface area contributed by atoms with Crippen molar-refractivity contribution >= 4 is 23.8 Å². The number of hydrogen-bond acceptors (Lipinski definition) is 5. The van der Waals surface area contributed by atoms with Crippen LogP contribution in [-0.4, -0.2) is 54.5 Å². The lowest BCUT2D eigenvalue weighted by Crippen LogP contribution is -2.45. The Kier molecular flexibility index (Phi) is 8.46. The summed E-state index contributed by atoms with van der Waals surface area (Å²) in [6.07, 6.45) is 4.15. The van der Waals surface area contributed by atoms with E-state index in [0.717, 1.165) is 19.3 Å². The number of rotatable bonds is 7. The van der Waals surface area contributed by atoms with Crippen LogP contribution in [0.1, 0.15) is 59.8 Å². The Balaban J connectivity index is 1.74. The van der Waals surface area contributed by atoms with Crippen molar-refractivity contribution in [3.63, 3.8) is 0 Å². The fraction of sp³-hybridized carbons (Fsp3) is 0.810. The van der Waals surface area contributed by atoms with Crippen molar-refractivity contribution in [2.75, 3.05) is 19.7 Å². The Hall–Kier alpha value is -2.12. The van der Waals surface area contributed by atoms with Gasteiger partial charge in [-0.05, 0) is 30.6 Å². The molecule has 1 saturated carbocycles. The van der Waals surface area contributed by atoms with E-state index in [1.54, 1.807) is 0 Å². The van der Waals surface area contributed by atoms with Crippen molar-refractivity contribution in [2.24, 2.45) is 23.7 Å². The van der Waals surface area contributed by atoms with Gasteiger partial charge < -0.3 is 15.0 Å². The molecule has 2 rings (SSSR count). The molecule has 0 spiro atoms. The lowest BCUT2D eigenvalue weighted by Gasteiger charge is -2.39. The van der Waals surface area contributed by atoms with Gasteiger partial charge in [-0.3, -0.25) is 19.7 Å². The molecule has 0 bridgehead atoms. The summed E-state index contributed by atoms with van der Waals surface area (Å²) in [7, 11) is 0. The number of urea groups is 1. The van der Waals surface area contributed by atoms with Crippen LogP contribution in [-0.2, 0) is 19.1 Å². The molecule has 164 valence electrons. The summed E-state index contributed by atoms with van der Waals surface area (Å²) in [5, 5.41) is 4.72. The predicted molar refractivity (Wildman–Crippen MR) is 108 cm³/mol. The Morgan fingerprint density at radius 3 is 2.62 bits per heavy atom. The second-order valence-electron chi connectivity index (χ2n) is 8.88. The third kappa shape index (κ3) is 6.72. The highest BCUT2D eigenvalue weighted by atomic mass is 16.5. The first-order valence-electron chi connectivity index (χ1n) is 10.7. The van der Waals surface area contributed by atoms with Crippen molar-refractivity contribution in [1.82, 2.24) is 15.5 Å². The van der Waals surface area contributed by atoms with E-state index in [2.05, 4.69) is 24.5 Å². The first-order valence-corrected chi connectivity index (χ1v) is 10.7. The Morgan fingerprint density at radius 1 is 1.21 bits per heavy atom. The van der Waals surface area contributed by atoms with E-state index in [0.29, 0.717) is 30.8 Å². The van der Waals surface area contributed by atoms with Gasteiger partial charge in [0.15, 0.2) is 6.61 Å². The first-order chi connectivity index (χ1) is 13.7. The normalized spacial score (nSPS) is 27.1. The monoisotopic (exact) mass is 409 g/mol. The van der Waals surface area contributed by atoms with Crippen molar-refractivity contribution < 1.29 is 23.9 Å². The molecular weight excluding hydrogens is 374 g/mol. The summed E-state index contributed by atoms with van der Waals surface area (Å²) in [5.74, 6) is -0.415. The largest absolute Gasteiger partial charge is 0.455 e. The Bertz CT molecular complexity index is 621. The van der Waals surface area contributed by atoms with Crippen molar-refractivity contribution in [1.29, 1.82) is 0 Å². The molecule has 8 heteroatoms. The van der Waals surface area contributed by atoms with Crippen LogP contribution in [0.5, 0.6) is 0 Å². The van der Waals surface area contributed by atoms with Gasteiger partial charge in [-0.15, -0.1) is 0 Å². The molecule has 1 saturated heterocycles. The van der Waals surface area contributed by atoms with E-state index < -0.39 is 30.4 Å². The van der Waals surface area contributed by atoms with Gasteiger partial charge in [0, 0.05) is 25.6 Å². The summed E-state index contributed by atoms with van der Waals surface area (Å²) >= 11 is 0. The molecule has 4 atom stereocenters. The molecule has 0 aromatic heterocycles. The lowest BCUT2D eigenvalue weighted by molar-refractivity contribution is -0.152. The number of imide groups is 1. The average molecular weight is 410 g/mol. The van der Waals surface area contributed by atoms with Crippen molar-refractivity contribution in [2.45, 2.75) is 65.8 Å². The molecule has 4 amide bonds. The zero-order valence-electron chi connectivity index (χ0n) is 18.0. The third-order valence-corrected chi connectivity index (χ3v) is 6.16. The van der Waals surface area contributed by atoms with Gasteiger partial charge in [-0.25, -0.2) is 4.79 Å². The number of carbonyl (C=O) groups excluding carboxylic acids is 4. The smallest absolute Gasteiger partial charge is 0.321 e. The first kappa shape index (κ1) is 23.2. The number of ether oxygens (including phenoxy) is 1. The third-order valence-electron chi connectivity index (χ3n) is 6.16. The summed E-state index contributed by atoms with van der Waals surface area (Å²) < 4.78 is 5.05. The molecule has 0 unspecified atom stereocenters. The number of likely N-dealkylation sites (tertiary alicyclic amines) is 1. The Morgan fingerprint density at radius 2 is 1.93 bits per heavy atom. The summed E-state index contributed by atoms with van der Waals surface area (Å²) in [4.78, 5) is 50.0. The molecule has 1 aliphatic heterocycles. The van der Waals surface area contributed by atoms with Gasteiger partial charge in [0.25, 0.3) is 5.91 Å². The summed E-state index contributed by atoms with van der Waals surface area (Å²) in [6.45, 7) is 8.73. The van der Waals surface area contributed by atoms with Crippen LogP contribution in [0.4, 0.5) is 4.79 Å². The van der Waals surface area contributed by atoms with Crippen molar-refractivity contribution in [3.8, 4) is 0 Å². The van der Waals surface area contributed by atoms with Gasteiger partial charge in [-0.1, -0.05) is 40.5 Å². The minimum atomic E-state index is -0.684. The zero-order valence-corrected chi connectivity index (χ0v) is 18.0. The summed E-state index contributed by atoms with van der Waals surface area (Å²) in [6, 6.07) is -0.434. The van der Waals surface area contributed by atoms with E-state index in [-0.39, 0.29) is 18.4 Å². The number of nitrogens with zero attached hydrogens (tertiary/aromatic N) is 1. The fourth-order valence-corrected chi connectivity index (χ4v) is 4.14. The van der Waals surface area contributed by atoms with E-state index >= 15 is 0 Å². The van der Waals surface area contributed by atoms with Crippen molar-refractivity contribution in [3.05, 3.63) is 0 Å². The van der Waals surface area contributed by atoms with Gasteiger partial charge in [0.2, 0.25) is 5.91 Å². The maximum Gasteiger partial charge on any atom is 0.321 e. The molecule has 2 fully saturated rings. The van der Waals surface area contributed by atoms with Crippen LogP contribution in [0.2, 0.25) is 0 Å². The quantitative estimate of drug-likeness (QED) is 0.627. The molecule has 0 radical (unpaired) electrons. The molecule has 2 N–H and O–H groups in total. The second kappa shape index (κ2) is 10.6. The molecule has 1 aliphatic carbocycles. The van der Waals surface area contributed by atoms with E-state index in [9.17, 15) is 19.2 Å². The number of amides is 4. The van der Waals surface area contributed by atoms with Crippen LogP contribution in [0, 0.1) is 23.7 Å². The maximum atomic E-state index is 12.5.